The van der Waals surface area contributed by atoms with Crippen LogP contribution in [0.3, 0.4) is 0 Å². The first kappa shape index (κ1) is 23.7. The molecule has 0 aliphatic carbocycles. The first-order valence-electron chi connectivity index (χ1n) is 11.7. The second kappa shape index (κ2) is 9.81. The molecule has 33 heavy (non-hydrogen) atoms. The predicted molar refractivity (Wildman–Crippen MR) is 128 cm³/mol. The van der Waals surface area contributed by atoms with E-state index in [1.54, 1.807) is 24.3 Å². The Morgan fingerprint density at radius 1 is 1.00 bits per heavy atom. The number of hydrogen-bond donors (Lipinski definition) is 1. The van der Waals surface area contributed by atoms with Crippen molar-refractivity contribution in [3.63, 3.8) is 0 Å². The molecule has 0 radical (unpaired) electrons. The van der Waals surface area contributed by atoms with Gasteiger partial charge in [-0.15, -0.1) is 0 Å². The zero-order chi connectivity index (χ0) is 23.6. The Morgan fingerprint density at radius 2 is 1.64 bits per heavy atom. The summed E-state index contributed by atoms with van der Waals surface area (Å²) >= 11 is 0. The molecule has 2 aromatic carbocycles. The highest BCUT2D eigenvalue weighted by Crippen LogP contribution is 2.28. The van der Waals surface area contributed by atoms with E-state index < -0.39 is 10.0 Å². The SMILES string of the molecule is CC(C)c1ccc(S(=O)(=O)N2CCC(C(=O)Nc3ccc(N4CCCC4)c(F)c3)CC2)cc1. The molecule has 2 saturated heterocycles. The highest BCUT2D eigenvalue weighted by molar-refractivity contribution is 7.89. The van der Waals surface area contributed by atoms with Crippen molar-refractivity contribution in [3.8, 4) is 0 Å². The Balaban J connectivity index is 1.34. The molecule has 1 amide bonds. The Labute approximate surface area is 195 Å². The maximum absolute atomic E-state index is 14.5. The van der Waals surface area contributed by atoms with Gasteiger partial charge in [-0.2, -0.15) is 4.31 Å². The number of nitrogens with one attached hydrogen (secondary N) is 1. The molecule has 0 spiro atoms. The zero-order valence-corrected chi connectivity index (χ0v) is 20.1. The number of sulfonamides is 1. The monoisotopic (exact) mass is 473 g/mol. The zero-order valence-electron chi connectivity index (χ0n) is 19.3. The topological polar surface area (TPSA) is 69.7 Å². The lowest BCUT2D eigenvalue weighted by Crippen LogP contribution is -2.41. The molecule has 2 aromatic rings. The summed E-state index contributed by atoms with van der Waals surface area (Å²) in [7, 11) is -3.58. The van der Waals surface area contributed by atoms with E-state index in [1.165, 1.54) is 10.4 Å². The van der Waals surface area contributed by atoms with Crippen LogP contribution < -0.4 is 10.2 Å². The highest BCUT2D eigenvalue weighted by atomic mass is 32.2. The smallest absolute Gasteiger partial charge is 0.243 e. The van der Waals surface area contributed by atoms with Crippen LogP contribution in [0.1, 0.15) is 51.0 Å². The number of piperidine rings is 1. The molecule has 6 nitrogen and oxygen atoms in total. The van der Waals surface area contributed by atoms with Gasteiger partial charge in [-0.1, -0.05) is 26.0 Å². The van der Waals surface area contributed by atoms with Gasteiger partial charge in [-0.3, -0.25) is 4.79 Å². The molecule has 2 fully saturated rings. The van der Waals surface area contributed by atoms with E-state index in [-0.39, 0.29) is 35.6 Å². The van der Waals surface area contributed by atoms with Crippen molar-refractivity contribution >= 4 is 27.3 Å². The van der Waals surface area contributed by atoms with Crippen LogP contribution in [-0.2, 0) is 14.8 Å². The third-order valence-corrected chi connectivity index (χ3v) is 8.58. The van der Waals surface area contributed by atoms with Gasteiger partial charge in [0, 0.05) is 37.8 Å². The average Bonchev–Trinajstić information content (AvgIpc) is 3.34. The molecule has 0 unspecified atom stereocenters. The highest BCUT2D eigenvalue weighted by Gasteiger charge is 2.32. The minimum atomic E-state index is -3.58. The van der Waals surface area contributed by atoms with E-state index in [2.05, 4.69) is 19.2 Å². The van der Waals surface area contributed by atoms with Gasteiger partial charge in [0.25, 0.3) is 0 Å². The second-order valence-corrected chi connectivity index (χ2v) is 11.2. The Bertz CT molecular complexity index is 1090. The minimum Gasteiger partial charge on any atom is -0.369 e. The summed E-state index contributed by atoms with van der Waals surface area (Å²) in [6, 6.07) is 11.8. The first-order chi connectivity index (χ1) is 15.8. The number of amides is 1. The van der Waals surface area contributed by atoms with E-state index in [4.69, 9.17) is 0 Å². The molecule has 2 heterocycles. The number of anilines is 2. The third-order valence-electron chi connectivity index (χ3n) is 6.67. The molecule has 0 bridgehead atoms. The van der Waals surface area contributed by atoms with Crippen LogP contribution in [-0.4, -0.2) is 44.8 Å². The van der Waals surface area contributed by atoms with Crippen molar-refractivity contribution in [2.75, 3.05) is 36.4 Å². The van der Waals surface area contributed by atoms with E-state index in [9.17, 15) is 17.6 Å². The molecule has 0 aromatic heterocycles. The summed E-state index contributed by atoms with van der Waals surface area (Å²) in [6.07, 6.45) is 3.00. The molecule has 4 rings (SSSR count). The predicted octanol–water partition coefficient (Wildman–Crippen LogP) is 4.59. The standard InChI is InChI=1S/C25H32FN3O3S/c1-18(2)19-5-8-22(9-6-19)33(31,32)29-15-11-20(12-16-29)25(30)27-21-7-10-24(23(26)17-21)28-13-3-4-14-28/h5-10,17-18,20H,3-4,11-16H2,1-2H3,(H,27,30). The lowest BCUT2D eigenvalue weighted by atomic mass is 9.97. The Kier molecular flexibility index (Phi) is 7.05. The van der Waals surface area contributed by atoms with Crippen LogP contribution in [0.25, 0.3) is 0 Å². The van der Waals surface area contributed by atoms with Crippen LogP contribution >= 0.6 is 0 Å². The van der Waals surface area contributed by atoms with Crippen molar-refractivity contribution in [2.24, 2.45) is 5.92 Å². The van der Waals surface area contributed by atoms with Gasteiger partial charge in [-0.25, -0.2) is 12.8 Å². The summed E-state index contributed by atoms with van der Waals surface area (Å²) in [5.74, 6) is -0.497. The molecule has 1 N–H and O–H groups in total. The van der Waals surface area contributed by atoms with Crippen LogP contribution in [0, 0.1) is 11.7 Å². The van der Waals surface area contributed by atoms with Crippen molar-refractivity contribution in [3.05, 3.63) is 53.8 Å². The Morgan fingerprint density at radius 3 is 2.21 bits per heavy atom. The van der Waals surface area contributed by atoms with E-state index in [0.29, 0.717) is 30.1 Å². The summed E-state index contributed by atoms with van der Waals surface area (Å²) in [6.45, 7) is 6.41. The molecule has 2 aliphatic rings. The van der Waals surface area contributed by atoms with Crippen LogP contribution in [0.2, 0.25) is 0 Å². The van der Waals surface area contributed by atoms with Gasteiger partial charge in [0.1, 0.15) is 5.82 Å². The minimum absolute atomic E-state index is 0.193. The van der Waals surface area contributed by atoms with Gasteiger partial charge in [0.2, 0.25) is 15.9 Å². The van der Waals surface area contributed by atoms with Gasteiger partial charge in [0.15, 0.2) is 0 Å². The number of benzene rings is 2. The number of hydrogen-bond acceptors (Lipinski definition) is 4. The first-order valence-corrected chi connectivity index (χ1v) is 13.1. The summed E-state index contributed by atoms with van der Waals surface area (Å²) in [5, 5.41) is 2.81. The van der Waals surface area contributed by atoms with Gasteiger partial charge < -0.3 is 10.2 Å². The number of carbonyl (C=O) groups is 1. The summed E-state index contributed by atoms with van der Waals surface area (Å²) in [5.41, 5.74) is 2.10. The van der Waals surface area contributed by atoms with E-state index in [1.807, 2.05) is 17.0 Å². The molecule has 178 valence electrons. The fourth-order valence-electron chi connectivity index (χ4n) is 4.58. The second-order valence-electron chi connectivity index (χ2n) is 9.25. The molecular formula is C25H32FN3O3S. The summed E-state index contributed by atoms with van der Waals surface area (Å²) in [4.78, 5) is 15.0. The van der Waals surface area contributed by atoms with Gasteiger partial charge in [0.05, 0.1) is 10.6 Å². The molecular weight excluding hydrogens is 441 g/mol. The van der Waals surface area contributed by atoms with E-state index >= 15 is 0 Å². The number of carbonyl (C=O) groups excluding carboxylic acids is 1. The van der Waals surface area contributed by atoms with Crippen molar-refractivity contribution in [1.29, 1.82) is 0 Å². The lowest BCUT2D eigenvalue weighted by molar-refractivity contribution is -0.120. The fraction of sp³-hybridized carbons (Fsp3) is 0.480. The van der Waals surface area contributed by atoms with Crippen molar-refractivity contribution in [1.82, 2.24) is 4.31 Å². The van der Waals surface area contributed by atoms with Crippen LogP contribution in [0.15, 0.2) is 47.4 Å². The number of rotatable bonds is 6. The molecule has 8 heteroatoms. The van der Waals surface area contributed by atoms with Gasteiger partial charge in [-0.05, 0) is 67.5 Å². The number of nitrogens with zero attached hydrogens (tertiary/aromatic N) is 2. The fourth-order valence-corrected chi connectivity index (χ4v) is 6.05. The Hall–Kier alpha value is -2.45. The average molecular weight is 474 g/mol. The third kappa shape index (κ3) is 5.22. The van der Waals surface area contributed by atoms with Crippen LogP contribution in [0.5, 0.6) is 0 Å². The summed E-state index contributed by atoms with van der Waals surface area (Å²) < 4.78 is 42.0. The maximum Gasteiger partial charge on any atom is 0.243 e. The lowest BCUT2D eigenvalue weighted by Gasteiger charge is -2.30. The van der Waals surface area contributed by atoms with Crippen molar-refractivity contribution in [2.45, 2.75) is 50.3 Å². The van der Waals surface area contributed by atoms with Crippen LogP contribution in [0.4, 0.5) is 15.8 Å². The largest absolute Gasteiger partial charge is 0.369 e. The number of halogens is 1. The molecule has 2 aliphatic heterocycles. The van der Waals surface area contributed by atoms with E-state index in [0.717, 1.165) is 31.5 Å². The normalized spacial score (nSPS) is 18.1. The van der Waals surface area contributed by atoms with Crippen molar-refractivity contribution < 1.29 is 17.6 Å². The molecule has 0 atom stereocenters. The molecule has 0 saturated carbocycles. The maximum atomic E-state index is 14.5. The van der Waals surface area contributed by atoms with Gasteiger partial charge >= 0.3 is 0 Å². The quantitative estimate of drug-likeness (QED) is 0.666.